The highest BCUT2D eigenvalue weighted by Crippen LogP contribution is 2.23. The summed E-state index contributed by atoms with van der Waals surface area (Å²) in [6.45, 7) is 0. The lowest BCUT2D eigenvalue weighted by molar-refractivity contribution is -0.384. The van der Waals surface area contributed by atoms with Crippen LogP contribution in [0.4, 0.5) is 5.69 Å². The number of non-ortho nitro benzene ring substituents is 1. The molecule has 2 aromatic carbocycles. The number of nitro benzene ring substituents is 1. The van der Waals surface area contributed by atoms with Gasteiger partial charge in [0.1, 0.15) is 0 Å². The molecule has 0 aliphatic heterocycles. The van der Waals surface area contributed by atoms with Crippen LogP contribution in [-0.2, 0) is 0 Å². The van der Waals surface area contributed by atoms with Crippen molar-refractivity contribution in [3.63, 3.8) is 0 Å². The molecule has 1 aromatic heterocycles. The van der Waals surface area contributed by atoms with Crippen molar-refractivity contribution < 1.29 is 4.92 Å². The van der Waals surface area contributed by atoms with E-state index in [1.54, 1.807) is 35.1 Å². The van der Waals surface area contributed by atoms with Gasteiger partial charge in [0.2, 0.25) is 0 Å². The summed E-state index contributed by atoms with van der Waals surface area (Å²) in [6.07, 6.45) is 1.80. The van der Waals surface area contributed by atoms with Gasteiger partial charge in [0, 0.05) is 28.9 Å². The van der Waals surface area contributed by atoms with Crippen molar-refractivity contribution in [2.24, 2.45) is 0 Å². The summed E-state index contributed by atoms with van der Waals surface area (Å²) in [5.74, 6) is 0. The molecule has 0 aliphatic carbocycles. The van der Waals surface area contributed by atoms with Crippen molar-refractivity contribution in [2.45, 2.75) is 0 Å². The van der Waals surface area contributed by atoms with Gasteiger partial charge in [0.25, 0.3) is 5.69 Å². The summed E-state index contributed by atoms with van der Waals surface area (Å²) in [5.41, 5.74) is 2.30. The van der Waals surface area contributed by atoms with E-state index in [4.69, 9.17) is 11.6 Å². The van der Waals surface area contributed by atoms with Gasteiger partial charge in [0.05, 0.1) is 16.3 Å². The largest absolute Gasteiger partial charge is 0.270 e. The van der Waals surface area contributed by atoms with E-state index >= 15 is 0 Å². The Kier molecular flexibility index (Phi) is 3.41. The van der Waals surface area contributed by atoms with E-state index in [0.717, 1.165) is 5.69 Å². The van der Waals surface area contributed by atoms with Gasteiger partial charge in [0.15, 0.2) is 0 Å². The van der Waals surface area contributed by atoms with Crippen molar-refractivity contribution in [1.82, 2.24) is 9.78 Å². The van der Waals surface area contributed by atoms with Crippen molar-refractivity contribution in [3.05, 3.63) is 75.9 Å². The molecule has 0 N–H and O–H groups in total. The van der Waals surface area contributed by atoms with Gasteiger partial charge in [-0.15, -0.1) is 0 Å². The molecule has 0 saturated carbocycles. The third-order valence-corrected chi connectivity index (χ3v) is 3.28. The van der Waals surface area contributed by atoms with Crippen LogP contribution in [0.25, 0.3) is 16.9 Å². The lowest BCUT2D eigenvalue weighted by Crippen LogP contribution is -1.94. The maximum absolute atomic E-state index is 10.8. The summed E-state index contributed by atoms with van der Waals surface area (Å²) in [5, 5.41) is 15.9. The van der Waals surface area contributed by atoms with Crippen LogP contribution in [0.5, 0.6) is 0 Å². The summed E-state index contributed by atoms with van der Waals surface area (Å²) in [6, 6.07) is 15.5. The van der Waals surface area contributed by atoms with Crippen LogP contribution in [-0.4, -0.2) is 14.7 Å². The molecule has 0 aliphatic rings. The lowest BCUT2D eigenvalue weighted by atomic mass is 10.1. The smallest absolute Gasteiger partial charge is 0.258 e. The van der Waals surface area contributed by atoms with Gasteiger partial charge in [-0.05, 0) is 30.3 Å². The quantitative estimate of drug-likeness (QED) is 0.540. The molecule has 0 bridgehead atoms. The molecule has 3 rings (SSSR count). The number of hydrogen-bond acceptors (Lipinski definition) is 3. The predicted octanol–water partition coefficient (Wildman–Crippen LogP) is 4.10. The fourth-order valence-electron chi connectivity index (χ4n) is 1.99. The third-order valence-electron chi connectivity index (χ3n) is 3.03. The average Bonchev–Trinajstić information content (AvgIpc) is 2.98. The van der Waals surface area contributed by atoms with E-state index in [0.29, 0.717) is 16.3 Å². The number of hydrogen-bond donors (Lipinski definition) is 0. The van der Waals surface area contributed by atoms with Gasteiger partial charge >= 0.3 is 0 Å². The maximum Gasteiger partial charge on any atom is 0.270 e. The van der Waals surface area contributed by atoms with Gasteiger partial charge in [-0.2, -0.15) is 5.10 Å². The summed E-state index contributed by atoms with van der Waals surface area (Å²) < 4.78 is 1.70. The standard InChI is InChI=1S/C15H10ClN3O2/c16-12-4-6-13(7-5-12)18-9-8-15(17-18)11-2-1-3-14(10-11)19(20)21/h1-10H. The van der Waals surface area contributed by atoms with Crippen LogP contribution >= 0.6 is 11.6 Å². The molecule has 6 heteroatoms. The Hall–Kier alpha value is -2.66. The SMILES string of the molecule is O=[N+]([O-])c1cccc(-c2ccn(-c3ccc(Cl)cc3)n2)c1. The highest BCUT2D eigenvalue weighted by molar-refractivity contribution is 6.30. The molecule has 0 unspecified atom stereocenters. The second-order valence-corrected chi connectivity index (χ2v) is 4.87. The Morgan fingerprint density at radius 1 is 1.10 bits per heavy atom. The second-order valence-electron chi connectivity index (χ2n) is 4.43. The van der Waals surface area contributed by atoms with Crippen LogP contribution in [0.3, 0.4) is 0 Å². The van der Waals surface area contributed by atoms with Gasteiger partial charge in [-0.3, -0.25) is 10.1 Å². The van der Waals surface area contributed by atoms with Crippen molar-refractivity contribution in [1.29, 1.82) is 0 Å². The fraction of sp³-hybridized carbons (Fsp3) is 0. The lowest BCUT2D eigenvalue weighted by Gasteiger charge is -2.01. The molecule has 104 valence electrons. The first-order chi connectivity index (χ1) is 10.1. The molecule has 5 nitrogen and oxygen atoms in total. The molecule has 1 heterocycles. The third kappa shape index (κ3) is 2.78. The number of benzene rings is 2. The zero-order valence-electron chi connectivity index (χ0n) is 10.8. The van der Waals surface area contributed by atoms with E-state index in [2.05, 4.69) is 5.10 Å². The summed E-state index contributed by atoms with van der Waals surface area (Å²) in [7, 11) is 0. The second kappa shape index (κ2) is 5.38. The number of rotatable bonds is 3. The van der Waals surface area contributed by atoms with Crippen LogP contribution in [0, 0.1) is 10.1 Å². The molecule has 0 fully saturated rings. The molecule has 0 atom stereocenters. The van der Waals surface area contributed by atoms with Crippen molar-refractivity contribution in [2.75, 3.05) is 0 Å². The number of aromatic nitrogens is 2. The van der Waals surface area contributed by atoms with E-state index in [1.807, 2.05) is 18.2 Å². The Balaban J connectivity index is 1.96. The molecule has 0 amide bonds. The summed E-state index contributed by atoms with van der Waals surface area (Å²) in [4.78, 5) is 10.4. The highest BCUT2D eigenvalue weighted by Gasteiger charge is 2.09. The van der Waals surface area contributed by atoms with Gasteiger partial charge in [-0.25, -0.2) is 4.68 Å². The predicted molar refractivity (Wildman–Crippen MR) is 80.7 cm³/mol. The molecule has 0 saturated heterocycles. The van der Waals surface area contributed by atoms with E-state index in [1.165, 1.54) is 12.1 Å². The Morgan fingerprint density at radius 3 is 2.57 bits per heavy atom. The van der Waals surface area contributed by atoms with E-state index in [9.17, 15) is 10.1 Å². The Morgan fingerprint density at radius 2 is 1.86 bits per heavy atom. The first-order valence-electron chi connectivity index (χ1n) is 6.20. The Bertz CT molecular complexity index is 797. The minimum absolute atomic E-state index is 0.0496. The Labute approximate surface area is 125 Å². The molecule has 3 aromatic rings. The van der Waals surface area contributed by atoms with Crippen molar-refractivity contribution in [3.8, 4) is 16.9 Å². The van der Waals surface area contributed by atoms with Crippen LogP contribution in [0.2, 0.25) is 5.02 Å². The van der Waals surface area contributed by atoms with Gasteiger partial charge < -0.3 is 0 Å². The first kappa shape index (κ1) is 13.3. The molecular weight excluding hydrogens is 290 g/mol. The monoisotopic (exact) mass is 299 g/mol. The zero-order valence-corrected chi connectivity index (χ0v) is 11.6. The van der Waals surface area contributed by atoms with E-state index < -0.39 is 4.92 Å². The molecule has 0 radical (unpaired) electrons. The maximum atomic E-state index is 10.8. The fourth-order valence-corrected chi connectivity index (χ4v) is 2.12. The normalized spacial score (nSPS) is 10.5. The minimum atomic E-state index is -0.417. The molecule has 21 heavy (non-hydrogen) atoms. The zero-order chi connectivity index (χ0) is 14.8. The highest BCUT2D eigenvalue weighted by atomic mass is 35.5. The van der Waals surface area contributed by atoms with Crippen LogP contribution in [0.1, 0.15) is 0 Å². The minimum Gasteiger partial charge on any atom is -0.258 e. The van der Waals surface area contributed by atoms with Crippen LogP contribution in [0.15, 0.2) is 60.8 Å². The van der Waals surface area contributed by atoms with Gasteiger partial charge in [-0.1, -0.05) is 23.7 Å². The first-order valence-corrected chi connectivity index (χ1v) is 6.58. The number of nitro groups is 1. The number of nitrogens with zero attached hydrogens (tertiary/aromatic N) is 3. The summed E-state index contributed by atoms with van der Waals surface area (Å²) >= 11 is 5.85. The van der Waals surface area contributed by atoms with Crippen LogP contribution < -0.4 is 0 Å². The van der Waals surface area contributed by atoms with E-state index in [-0.39, 0.29) is 5.69 Å². The van der Waals surface area contributed by atoms with Crippen molar-refractivity contribution >= 4 is 17.3 Å². The topological polar surface area (TPSA) is 61.0 Å². The molecule has 0 spiro atoms. The molecular formula is C15H10ClN3O2. The average molecular weight is 300 g/mol. The number of halogens is 1.